The fraction of sp³-hybridized carbons (Fsp3) is 0.889. The molecule has 0 spiro atoms. The van der Waals surface area contributed by atoms with Crippen LogP contribution >= 0.6 is 0 Å². The van der Waals surface area contributed by atoms with Crippen LogP contribution in [-0.4, -0.2) is 0 Å². The maximum absolute atomic E-state index is 2.46. The standard InChI is InChI=1S/C9H19/c1-4-7-8-9(5-2)6-3/h8-9H,4-7H2,1-3H3. The zero-order valence-electron chi connectivity index (χ0n) is 6.98. The summed E-state index contributed by atoms with van der Waals surface area (Å²) in [5, 5.41) is 0. The third kappa shape index (κ3) is 4.50. The largest absolute Gasteiger partial charge is 0.0654 e. The molecule has 1 radical (unpaired) electrons. The van der Waals surface area contributed by atoms with Crippen LogP contribution in [0.1, 0.15) is 46.5 Å². The Hall–Kier alpha value is 0. The van der Waals surface area contributed by atoms with Gasteiger partial charge in [-0.2, -0.15) is 0 Å². The molecular formula is C9H19. The highest BCUT2D eigenvalue weighted by Gasteiger charge is 2.00. The van der Waals surface area contributed by atoms with Gasteiger partial charge in [0, 0.05) is 0 Å². The molecule has 0 rings (SSSR count). The van der Waals surface area contributed by atoms with Crippen molar-refractivity contribution in [1.82, 2.24) is 0 Å². The van der Waals surface area contributed by atoms with Crippen molar-refractivity contribution >= 4 is 0 Å². The molecule has 0 aromatic carbocycles. The minimum absolute atomic E-state index is 0.880. The second-order valence-corrected chi connectivity index (χ2v) is 2.60. The lowest BCUT2D eigenvalue weighted by Crippen LogP contribution is -1.96. The number of hydrogen-bond acceptors (Lipinski definition) is 0. The van der Waals surface area contributed by atoms with Crippen LogP contribution in [0.15, 0.2) is 0 Å². The molecular weight excluding hydrogens is 108 g/mol. The van der Waals surface area contributed by atoms with Gasteiger partial charge in [0.1, 0.15) is 0 Å². The molecule has 0 saturated carbocycles. The summed E-state index contributed by atoms with van der Waals surface area (Å²) < 4.78 is 0. The van der Waals surface area contributed by atoms with E-state index in [1.165, 1.54) is 25.7 Å². The van der Waals surface area contributed by atoms with Gasteiger partial charge in [-0.05, 0) is 12.3 Å². The van der Waals surface area contributed by atoms with Crippen molar-refractivity contribution in [3.63, 3.8) is 0 Å². The smallest absolute Gasteiger partial charge is 0.0355 e. The van der Waals surface area contributed by atoms with Crippen molar-refractivity contribution in [3.8, 4) is 0 Å². The molecule has 0 unspecified atom stereocenters. The molecule has 0 aliphatic rings. The first-order chi connectivity index (χ1) is 4.35. The minimum Gasteiger partial charge on any atom is -0.0654 e. The van der Waals surface area contributed by atoms with E-state index >= 15 is 0 Å². The number of rotatable bonds is 5. The molecule has 0 bridgehead atoms. The first-order valence-electron chi connectivity index (χ1n) is 4.18. The second kappa shape index (κ2) is 6.12. The summed E-state index contributed by atoms with van der Waals surface area (Å²) in [7, 11) is 0. The Balaban J connectivity index is 3.09. The first kappa shape index (κ1) is 9.00. The molecule has 0 aromatic heterocycles. The van der Waals surface area contributed by atoms with Gasteiger partial charge in [0.25, 0.3) is 0 Å². The highest BCUT2D eigenvalue weighted by atomic mass is 14.1. The summed E-state index contributed by atoms with van der Waals surface area (Å²) in [5.41, 5.74) is 0. The van der Waals surface area contributed by atoms with E-state index in [9.17, 15) is 0 Å². The van der Waals surface area contributed by atoms with Gasteiger partial charge in [0.05, 0.1) is 0 Å². The van der Waals surface area contributed by atoms with E-state index in [2.05, 4.69) is 27.2 Å². The molecule has 0 heteroatoms. The molecule has 0 fully saturated rings. The van der Waals surface area contributed by atoms with Gasteiger partial charge in [-0.15, -0.1) is 0 Å². The van der Waals surface area contributed by atoms with E-state index in [1.807, 2.05) is 0 Å². The van der Waals surface area contributed by atoms with E-state index in [1.54, 1.807) is 0 Å². The monoisotopic (exact) mass is 127 g/mol. The summed E-state index contributed by atoms with van der Waals surface area (Å²) in [5.74, 6) is 0.880. The van der Waals surface area contributed by atoms with E-state index in [-0.39, 0.29) is 0 Å². The Morgan fingerprint density at radius 2 is 1.67 bits per heavy atom. The highest BCUT2D eigenvalue weighted by Crippen LogP contribution is 2.13. The minimum atomic E-state index is 0.880. The zero-order chi connectivity index (χ0) is 7.11. The van der Waals surface area contributed by atoms with E-state index in [0.717, 1.165) is 5.92 Å². The van der Waals surface area contributed by atoms with Crippen LogP contribution in [0.4, 0.5) is 0 Å². The normalized spacial score (nSPS) is 10.7. The summed E-state index contributed by atoms with van der Waals surface area (Å²) in [6.45, 7) is 6.76. The van der Waals surface area contributed by atoms with Crippen LogP contribution in [0.3, 0.4) is 0 Å². The zero-order valence-corrected chi connectivity index (χ0v) is 6.98. The third-order valence-electron chi connectivity index (χ3n) is 1.84. The fourth-order valence-electron chi connectivity index (χ4n) is 1.02. The second-order valence-electron chi connectivity index (χ2n) is 2.60. The van der Waals surface area contributed by atoms with Crippen LogP contribution in [0, 0.1) is 12.3 Å². The molecule has 0 saturated heterocycles. The highest BCUT2D eigenvalue weighted by molar-refractivity contribution is 4.72. The molecule has 0 heterocycles. The van der Waals surface area contributed by atoms with Crippen LogP contribution in [0.2, 0.25) is 0 Å². The molecule has 55 valence electrons. The van der Waals surface area contributed by atoms with Crippen LogP contribution in [0.25, 0.3) is 0 Å². The molecule has 0 N–H and O–H groups in total. The van der Waals surface area contributed by atoms with E-state index in [0.29, 0.717) is 0 Å². The number of hydrogen-bond donors (Lipinski definition) is 0. The quantitative estimate of drug-likeness (QED) is 0.530. The molecule has 0 aromatic rings. The predicted octanol–water partition coefficient (Wildman–Crippen LogP) is 3.43. The summed E-state index contributed by atoms with van der Waals surface area (Å²) >= 11 is 0. The van der Waals surface area contributed by atoms with E-state index < -0.39 is 0 Å². The molecule has 0 aliphatic carbocycles. The van der Waals surface area contributed by atoms with E-state index in [4.69, 9.17) is 0 Å². The van der Waals surface area contributed by atoms with Crippen LogP contribution < -0.4 is 0 Å². The molecule has 0 aliphatic heterocycles. The SMILES string of the molecule is CCC[CH]C(CC)CC. The van der Waals surface area contributed by atoms with Crippen molar-refractivity contribution in [2.45, 2.75) is 46.5 Å². The lowest BCUT2D eigenvalue weighted by Gasteiger charge is -2.09. The summed E-state index contributed by atoms with van der Waals surface area (Å²) in [6, 6.07) is 0. The van der Waals surface area contributed by atoms with Gasteiger partial charge in [-0.25, -0.2) is 0 Å². The van der Waals surface area contributed by atoms with Gasteiger partial charge in [0.15, 0.2) is 0 Å². The fourth-order valence-corrected chi connectivity index (χ4v) is 1.02. The van der Waals surface area contributed by atoms with Gasteiger partial charge < -0.3 is 0 Å². The topological polar surface area (TPSA) is 0 Å². The lowest BCUT2D eigenvalue weighted by molar-refractivity contribution is 0.540. The first-order valence-corrected chi connectivity index (χ1v) is 4.18. The molecule has 9 heavy (non-hydrogen) atoms. The third-order valence-corrected chi connectivity index (χ3v) is 1.84. The lowest BCUT2D eigenvalue weighted by atomic mass is 9.97. The van der Waals surface area contributed by atoms with Crippen LogP contribution in [0.5, 0.6) is 0 Å². The van der Waals surface area contributed by atoms with Crippen molar-refractivity contribution in [2.24, 2.45) is 5.92 Å². The Morgan fingerprint density at radius 3 is 2.00 bits per heavy atom. The Kier molecular flexibility index (Phi) is 6.12. The van der Waals surface area contributed by atoms with Gasteiger partial charge in [-0.1, -0.05) is 46.5 Å². The summed E-state index contributed by atoms with van der Waals surface area (Å²) in [4.78, 5) is 0. The molecule has 0 atom stereocenters. The Morgan fingerprint density at radius 1 is 1.11 bits per heavy atom. The van der Waals surface area contributed by atoms with Gasteiger partial charge >= 0.3 is 0 Å². The predicted molar refractivity (Wildman–Crippen MR) is 43.3 cm³/mol. The number of unbranched alkanes of at least 4 members (excludes halogenated alkanes) is 1. The summed E-state index contributed by atoms with van der Waals surface area (Å²) in [6.07, 6.45) is 7.69. The van der Waals surface area contributed by atoms with Gasteiger partial charge in [0.2, 0.25) is 0 Å². The Bertz CT molecular complexity index is 44.0. The van der Waals surface area contributed by atoms with Crippen molar-refractivity contribution in [3.05, 3.63) is 6.42 Å². The maximum Gasteiger partial charge on any atom is -0.0355 e. The van der Waals surface area contributed by atoms with Crippen molar-refractivity contribution < 1.29 is 0 Å². The average Bonchev–Trinajstić information content (AvgIpc) is 1.91. The maximum atomic E-state index is 2.46. The van der Waals surface area contributed by atoms with Crippen molar-refractivity contribution in [1.29, 1.82) is 0 Å². The molecule has 0 nitrogen and oxygen atoms in total. The molecule has 0 amide bonds. The van der Waals surface area contributed by atoms with Crippen molar-refractivity contribution in [2.75, 3.05) is 0 Å². The van der Waals surface area contributed by atoms with Gasteiger partial charge in [-0.3, -0.25) is 0 Å². The van der Waals surface area contributed by atoms with Crippen LogP contribution in [-0.2, 0) is 0 Å². The Labute approximate surface area is 59.7 Å². The average molecular weight is 127 g/mol.